The molecule has 2 aliphatic rings. The van der Waals surface area contributed by atoms with Crippen LogP contribution in [0.25, 0.3) is 0 Å². The largest absolute Gasteiger partial charge is 0.493 e. The molecule has 4 rings (SSSR count). The molecule has 0 spiro atoms. The lowest BCUT2D eigenvalue weighted by Crippen LogP contribution is -2.49. The van der Waals surface area contributed by atoms with E-state index in [-0.39, 0.29) is 18.0 Å². The third-order valence-corrected chi connectivity index (χ3v) is 4.98. The van der Waals surface area contributed by atoms with Crippen molar-refractivity contribution < 1.29 is 9.53 Å². The van der Waals surface area contributed by atoms with Gasteiger partial charge in [0, 0.05) is 37.5 Å². The van der Waals surface area contributed by atoms with E-state index in [2.05, 4.69) is 19.8 Å². The minimum Gasteiger partial charge on any atom is -0.493 e. The third-order valence-electron chi connectivity index (χ3n) is 4.98. The molecule has 1 N–H and O–H groups in total. The van der Waals surface area contributed by atoms with Crippen molar-refractivity contribution in [2.24, 2.45) is 0 Å². The van der Waals surface area contributed by atoms with E-state index >= 15 is 0 Å². The number of imidazole rings is 1. The Balaban J connectivity index is 1.43. The van der Waals surface area contributed by atoms with Gasteiger partial charge in [0.15, 0.2) is 0 Å². The molecule has 0 saturated carbocycles. The molecule has 1 aromatic heterocycles. The molecular weight excluding hydrogens is 304 g/mol. The monoisotopic (exact) mass is 326 g/mol. The van der Waals surface area contributed by atoms with Gasteiger partial charge in [-0.1, -0.05) is 18.2 Å². The van der Waals surface area contributed by atoms with Crippen LogP contribution in [-0.2, 0) is 17.9 Å². The van der Waals surface area contributed by atoms with Crippen molar-refractivity contribution in [2.75, 3.05) is 13.2 Å². The minimum absolute atomic E-state index is 0.0247. The number of aromatic nitrogens is 2. The quantitative estimate of drug-likeness (QED) is 0.933. The SMILES string of the molecule is C[C@H](C(=O)N[C@H]1CCOc2ccccc21)N1CCn2ccnc2C1. The van der Waals surface area contributed by atoms with Crippen LogP contribution in [0.2, 0.25) is 0 Å². The van der Waals surface area contributed by atoms with Crippen LogP contribution in [0.3, 0.4) is 0 Å². The molecule has 0 fully saturated rings. The van der Waals surface area contributed by atoms with Crippen LogP contribution in [0.5, 0.6) is 5.75 Å². The summed E-state index contributed by atoms with van der Waals surface area (Å²) in [5.74, 6) is 1.97. The number of ether oxygens (including phenoxy) is 1. The summed E-state index contributed by atoms with van der Waals surface area (Å²) in [6.45, 7) is 5.07. The molecule has 0 aliphatic carbocycles. The summed E-state index contributed by atoms with van der Waals surface area (Å²) in [6.07, 6.45) is 4.62. The number of hydrogen-bond donors (Lipinski definition) is 1. The normalized spacial score (nSPS) is 21.3. The molecule has 24 heavy (non-hydrogen) atoms. The number of fused-ring (bicyclic) bond motifs is 2. The Bertz CT molecular complexity index is 742. The molecule has 0 saturated heterocycles. The molecule has 0 unspecified atom stereocenters. The highest BCUT2D eigenvalue weighted by molar-refractivity contribution is 5.81. The van der Waals surface area contributed by atoms with Crippen molar-refractivity contribution in [1.82, 2.24) is 19.8 Å². The Kier molecular flexibility index (Phi) is 3.98. The first-order valence-corrected chi connectivity index (χ1v) is 8.48. The summed E-state index contributed by atoms with van der Waals surface area (Å²) in [7, 11) is 0. The van der Waals surface area contributed by atoms with Gasteiger partial charge in [-0.05, 0) is 13.0 Å². The predicted molar refractivity (Wildman–Crippen MR) is 89.5 cm³/mol. The number of carbonyl (C=O) groups excluding carboxylic acids is 1. The number of rotatable bonds is 3. The molecule has 6 heteroatoms. The van der Waals surface area contributed by atoms with Gasteiger partial charge < -0.3 is 14.6 Å². The maximum atomic E-state index is 12.7. The van der Waals surface area contributed by atoms with Crippen molar-refractivity contribution >= 4 is 5.91 Å². The summed E-state index contributed by atoms with van der Waals surface area (Å²) in [5.41, 5.74) is 1.07. The average molecular weight is 326 g/mol. The van der Waals surface area contributed by atoms with Gasteiger partial charge in [-0.3, -0.25) is 9.69 Å². The van der Waals surface area contributed by atoms with Gasteiger partial charge in [0.2, 0.25) is 5.91 Å². The standard InChI is InChI=1S/C18H22N4O2/c1-13(22-10-9-21-8-7-19-17(21)12-22)18(23)20-15-6-11-24-16-5-3-2-4-14(15)16/h2-5,7-8,13,15H,6,9-12H2,1H3,(H,20,23)/t13-,15+/m1/s1. The zero-order valence-electron chi connectivity index (χ0n) is 13.8. The molecule has 0 bridgehead atoms. The van der Waals surface area contributed by atoms with E-state index in [1.807, 2.05) is 43.6 Å². The van der Waals surface area contributed by atoms with Gasteiger partial charge in [-0.15, -0.1) is 0 Å². The fourth-order valence-corrected chi connectivity index (χ4v) is 3.47. The molecule has 1 aromatic carbocycles. The summed E-state index contributed by atoms with van der Waals surface area (Å²) < 4.78 is 7.82. The van der Waals surface area contributed by atoms with Crippen molar-refractivity contribution in [2.45, 2.75) is 38.5 Å². The van der Waals surface area contributed by atoms with E-state index in [1.54, 1.807) is 0 Å². The second-order valence-electron chi connectivity index (χ2n) is 6.42. The van der Waals surface area contributed by atoms with E-state index in [0.717, 1.165) is 36.6 Å². The molecule has 2 atom stereocenters. The summed E-state index contributed by atoms with van der Waals surface area (Å²) in [6, 6.07) is 7.79. The molecule has 3 heterocycles. The van der Waals surface area contributed by atoms with Gasteiger partial charge in [0.05, 0.1) is 25.2 Å². The maximum Gasteiger partial charge on any atom is 0.237 e. The van der Waals surface area contributed by atoms with Crippen LogP contribution in [0.4, 0.5) is 0 Å². The number of benzene rings is 1. The van der Waals surface area contributed by atoms with Crippen molar-refractivity contribution in [1.29, 1.82) is 0 Å². The maximum absolute atomic E-state index is 12.7. The second-order valence-corrected chi connectivity index (χ2v) is 6.42. The van der Waals surface area contributed by atoms with Crippen LogP contribution in [0.1, 0.15) is 30.8 Å². The second kappa shape index (κ2) is 6.28. The van der Waals surface area contributed by atoms with Crippen LogP contribution < -0.4 is 10.1 Å². The van der Waals surface area contributed by atoms with E-state index in [0.29, 0.717) is 13.2 Å². The Hall–Kier alpha value is -2.34. The zero-order valence-corrected chi connectivity index (χ0v) is 13.8. The molecular formula is C18H22N4O2. The van der Waals surface area contributed by atoms with Gasteiger partial charge >= 0.3 is 0 Å². The number of para-hydroxylation sites is 1. The Morgan fingerprint density at radius 2 is 2.25 bits per heavy atom. The predicted octanol–water partition coefficient (Wildman–Crippen LogP) is 1.73. The van der Waals surface area contributed by atoms with Gasteiger partial charge in [0.1, 0.15) is 11.6 Å². The highest BCUT2D eigenvalue weighted by atomic mass is 16.5. The molecule has 6 nitrogen and oxygen atoms in total. The fourth-order valence-electron chi connectivity index (χ4n) is 3.47. The van der Waals surface area contributed by atoms with Gasteiger partial charge in [-0.25, -0.2) is 4.98 Å². The first-order valence-electron chi connectivity index (χ1n) is 8.48. The third kappa shape index (κ3) is 2.78. The Labute approximate surface area is 141 Å². The molecule has 2 aromatic rings. The highest BCUT2D eigenvalue weighted by Gasteiger charge is 2.29. The van der Waals surface area contributed by atoms with E-state index < -0.39 is 0 Å². The minimum atomic E-state index is -0.176. The van der Waals surface area contributed by atoms with Crippen molar-refractivity contribution in [3.05, 3.63) is 48.0 Å². The lowest BCUT2D eigenvalue weighted by atomic mass is 10.00. The smallest absolute Gasteiger partial charge is 0.237 e. The molecule has 126 valence electrons. The fraction of sp³-hybridized carbons (Fsp3) is 0.444. The molecule has 2 aliphatic heterocycles. The van der Waals surface area contributed by atoms with Crippen LogP contribution in [0.15, 0.2) is 36.7 Å². The van der Waals surface area contributed by atoms with E-state index in [9.17, 15) is 4.79 Å². The number of nitrogens with one attached hydrogen (secondary N) is 1. The zero-order chi connectivity index (χ0) is 16.5. The van der Waals surface area contributed by atoms with Gasteiger partial charge in [-0.2, -0.15) is 0 Å². The van der Waals surface area contributed by atoms with Crippen molar-refractivity contribution in [3.63, 3.8) is 0 Å². The lowest BCUT2D eigenvalue weighted by molar-refractivity contribution is -0.127. The van der Waals surface area contributed by atoms with Crippen molar-refractivity contribution in [3.8, 4) is 5.75 Å². The number of nitrogens with zero attached hydrogens (tertiary/aromatic N) is 3. The Morgan fingerprint density at radius 1 is 1.38 bits per heavy atom. The summed E-state index contributed by atoms with van der Waals surface area (Å²) in [4.78, 5) is 19.3. The highest BCUT2D eigenvalue weighted by Crippen LogP contribution is 2.31. The first kappa shape index (κ1) is 15.2. The summed E-state index contributed by atoms with van der Waals surface area (Å²) in [5, 5.41) is 3.20. The van der Waals surface area contributed by atoms with E-state index in [4.69, 9.17) is 4.74 Å². The first-order chi connectivity index (χ1) is 11.7. The topological polar surface area (TPSA) is 59.4 Å². The van der Waals surface area contributed by atoms with E-state index in [1.165, 1.54) is 0 Å². The van der Waals surface area contributed by atoms with Gasteiger partial charge in [0.25, 0.3) is 0 Å². The van der Waals surface area contributed by atoms with Crippen LogP contribution >= 0.6 is 0 Å². The van der Waals surface area contributed by atoms with Crippen LogP contribution in [-0.4, -0.2) is 39.6 Å². The lowest BCUT2D eigenvalue weighted by Gasteiger charge is -2.33. The number of carbonyl (C=O) groups is 1. The average Bonchev–Trinajstić information content (AvgIpc) is 3.09. The van der Waals surface area contributed by atoms with Crippen LogP contribution in [0, 0.1) is 0 Å². The molecule has 0 radical (unpaired) electrons. The number of amides is 1. The number of hydrogen-bond acceptors (Lipinski definition) is 4. The summed E-state index contributed by atoms with van der Waals surface area (Å²) >= 11 is 0. The molecule has 1 amide bonds. The Morgan fingerprint density at radius 3 is 3.17 bits per heavy atom.